The molecule has 1 aliphatic rings. The highest BCUT2D eigenvalue weighted by molar-refractivity contribution is 7.91. The number of carbonyl (C=O) groups excluding carboxylic acids is 1. The molecule has 3 N–H and O–H groups in total. The van der Waals surface area contributed by atoms with Gasteiger partial charge in [0.15, 0.2) is 9.84 Å². The lowest BCUT2D eigenvalue weighted by molar-refractivity contribution is -0.137. The summed E-state index contributed by atoms with van der Waals surface area (Å²) in [5.41, 5.74) is 2.12. The molecular formula is C30H35N3O7S. The maximum atomic E-state index is 13.1. The zero-order chi connectivity index (χ0) is 29.1. The van der Waals surface area contributed by atoms with Crippen molar-refractivity contribution in [3.05, 3.63) is 90.0 Å². The number of nitrogens with one attached hydrogen (secondary N) is 2. The first-order valence-corrected chi connectivity index (χ1v) is 15.1. The zero-order valence-electron chi connectivity index (χ0n) is 22.7. The molecule has 0 saturated carbocycles. The Morgan fingerprint density at radius 3 is 2.41 bits per heavy atom. The largest absolute Gasteiger partial charge is 0.489 e. The molecule has 0 spiro atoms. The second kappa shape index (κ2) is 14.6. The number of morpholine rings is 1. The molecule has 11 heteroatoms. The number of hydrogen-bond acceptors (Lipinski definition) is 7. The molecule has 0 aromatic heterocycles. The lowest BCUT2D eigenvalue weighted by atomic mass is 9.98. The summed E-state index contributed by atoms with van der Waals surface area (Å²) in [6.07, 6.45) is -0.283. The van der Waals surface area contributed by atoms with Gasteiger partial charge in [-0.25, -0.2) is 13.2 Å². The van der Waals surface area contributed by atoms with E-state index >= 15 is 0 Å². The molecule has 0 aliphatic carbocycles. The van der Waals surface area contributed by atoms with Gasteiger partial charge in [0.2, 0.25) is 0 Å². The van der Waals surface area contributed by atoms with Crippen LogP contribution >= 0.6 is 0 Å². The van der Waals surface area contributed by atoms with Gasteiger partial charge in [-0.15, -0.1) is 0 Å². The van der Waals surface area contributed by atoms with E-state index in [2.05, 4.69) is 15.5 Å². The van der Waals surface area contributed by atoms with Gasteiger partial charge in [0.25, 0.3) is 0 Å². The normalized spacial score (nSPS) is 14.6. The highest BCUT2D eigenvalue weighted by atomic mass is 32.2. The molecule has 1 aliphatic heterocycles. The van der Waals surface area contributed by atoms with Crippen molar-refractivity contribution in [2.75, 3.05) is 50.5 Å². The van der Waals surface area contributed by atoms with Crippen LogP contribution in [0.25, 0.3) is 0 Å². The minimum Gasteiger partial charge on any atom is -0.489 e. The average molecular weight is 582 g/mol. The quantitative estimate of drug-likeness (QED) is 0.278. The summed E-state index contributed by atoms with van der Waals surface area (Å²) in [6.45, 7) is 4.68. The van der Waals surface area contributed by atoms with Crippen LogP contribution in [0.2, 0.25) is 0 Å². The monoisotopic (exact) mass is 581 g/mol. The van der Waals surface area contributed by atoms with Gasteiger partial charge in [0.05, 0.1) is 30.3 Å². The number of aliphatic carboxylic acids is 1. The molecule has 41 heavy (non-hydrogen) atoms. The number of carbonyl (C=O) groups is 2. The van der Waals surface area contributed by atoms with Crippen molar-refractivity contribution >= 4 is 27.5 Å². The van der Waals surface area contributed by atoms with Crippen LogP contribution in [0.15, 0.2) is 83.8 Å². The fourth-order valence-electron chi connectivity index (χ4n) is 4.55. The number of amides is 2. The van der Waals surface area contributed by atoms with Crippen molar-refractivity contribution < 1.29 is 32.6 Å². The average Bonchev–Trinajstić information content (AvgIpc) is 2.97. The Balaban J connectivity index is 1.28. The number of sulfone groups is 1. The number of carboxylic acid groups (broad SMARTS) is 1. The second-order valence-corrected chi connectivity index (χ2v) is 11.8. The van der Waals surface area contributed by atoms with E-state index in [1.807, 2.05) is 18.2 Å². The summed E-state index contributed by atoms with van der Waals surface area (Å²) < 4.78 is 37.3. The van der Waals surface area contributed by atoms with Gasteiger partial charge in [-0.1, -0.05) is 42.5 Å². The van der Waals surface area contributed by atoms with E-state index in [0.717, 1.165) is 25.2 Å². The predicted octanol–water partition coefficient (Wildman–Crippen LogP) is 3.75. The van der Waals surface area contributed by atoms with E-state index in [1.54, 1.807) is 48.5 Å². The summed E-state index contributed by atoms with van der Waals surface area (Å²) >= 11 is 0. The van der Waals surface area contributed by atoms with Crippen molar-refractivity contribution in [3.63, 3.8) is 0 Å². The minimum atomic E-state index is -3.74. The molecule has 218 valence electrons. The lowest BCUT2D eigenvalue weighted by Gasteiger charge is -2.26. The Morgan fingerprint density at radius 1 is 0.976 bits per heavy atom. The van der Waals surface area contributed by atoms with Crippen LogP contribution in [0, 0.1) is 0 Å². The van der Waals surface area contributed by atoms with Crippen LogP contribution in [-0.4, -0.2) is 75.6 Å². The van der Waals surface area contributed by atoms with Crippen molar-refractivity contribution in [2.24, 2.45) is 0 Å². The van der Waals surface area contributed by atoms with Crippen LogP contribution < -0.4 is 15.4 Å². The fourth-order valence-corrected chi connectivity index (χ4v) is 6.13. The smallest absolute Gasteiger partial charge is 0.319 e. The number of urea groups is 1. The highest BCUT2D eigenvalue weighted by Crippen LogP contribution is 2.26. The minimum absolute atomic E-state index is 0.0991. The number of rotatable bonds is 13. The topological polar surface area (TPSA) is 134 Å². The molecule has 1 fully saturated rings. The van der Waals surface area contributed by atoms with Gasteiger partial charge in [-0.3, -0.25) is 9.69 Å². The van der Waals surface area contributed by atoms with E-state index < -0.39 is 21.7 Å². The molecule has 1 heterocycles. The van der Waals surface area contributed by atoms with Crippen molar-refractivity contribution in [2.45, 2.75) is 23.8 Å². The van der Waals surface area contributed by atoms with Gasteiger partial charge in [-0.2, -0.15) is 0 Å². The Hall–Kier alpha value is -3.93. The molecule has 4 rings (SSSR count). The Morgan fingerprint density at radius 2 is 1.71 bits per heavy atom. The molecule has 1 atom stereocenters. The molecule has 1 unspecified atom stereocenters. The zero-order valence-corrected chi connectivity index (χ0v) is 23.5. The summed E-state index contributed by atoms with van der Waals surface area (Å²) in [6, 6.07) is 21.9. The molecular weight excluding hydrogens is 546 g/mol. The van der Waals surface area contributed by atoms with Gasteiger partial charge in [0.1, 0.15) is 12.4 Å². The van der Waals surface area contributed by atoms with Gasteiger partial charge < -0.3 is 25.2 Å². The number of benzene rings is 3. The van der Waals surface area contributed by atoms with Crippen LogP contribution in [-0.2, 0) is 26.0 Å². The number of carboxylic acids is 1. The number of nitrogens with zero attached hydrogens (tertiary/aromatic N) is 1. The number of anilines is 1. The summed E-state index contributed by atoms with van der Waals surface area (Å²) in [5.74, 6) is -1.55. The summed E-state index contributed by atoms with van der Waals surface area (Å²) in [5, 5.41) is 15.0. The highest BCUT2D eigenvalue weighted by Gasteiger charge is 2.25. The third-order valence-corrected chi connectivity index (χ3v) is 8.53. The fraction of sp³-hybridized carbons (Fsp3) is 0.333. The SMILES string of the molecule is O=C(O)CC(CS(=O)(=O)c1ccc(OCc2cccc(NC(=O)NCCN3CCOCC3)c2)cc1)c1ccccc1. The van der Waals surface area contributed by atoms with E-state index in [-0.39, 0.29) is 29.7 Å². The van der Waals surface area contributed by atoms with Crippen LogP contribution in [0.1, 0.15) is 23.5 Å². The molecule has 0 radical (unpaired) electrons. The first-order chi connectivity index (χ1) is 19.8. The molecule has 10 nitrogen and oxygen atoms in total. The van der Waals surface area contributed by atoms with E-state index in [9.17, 15) is 23.1 Å². The van der Waals surface area contributed by atoms with Crippen LogP contribution in [0.3, 0.4) is 0 Å². The van der Waals surface area contributed by atoms with E-state index in [1.165, 1.54) is 12.1 Å². The number of hydrogen-bond donors (Lipinski definition) is 3. The Bertz CT molecular complexity index is 1390. The maximum absolute atomic E-state index is 13.1. The molecule has 0 bridgehead atoms. The Kier molecular flexibility index (Phi) is 10.7. The lowest BCUT2D eigenvalue weighted by Crippen LogP contribution is -2.42. The van der Waals surface area contributed by atoms with Crippen molar-refractivity contribution in [3.8, 4) is 5.75 Å². The van der Waals surface area contributed by atoms with Crippen molar-refractivity contribution in [1.82, 2.24) is 10.2 Å². The summed E-state index contributed by atoms with van der Waals surface area (Å²) in [4.78, 5) is 26.0. The van der Waals surface area contributed by atoms with Crippen LogP contribution in [0.4, 0.5) is 10.5 Å². The maximum Gasteiger partial charge on any atom is 0.319 e. The molecule has 2 amide bonds. The molecule has 1 saturated heterocycles. The van der Waals surface area contributed by atoms with Crippen LogP contribution in [0.5, 0.6) is 5.75 Å². The predicted molar refractivity (Wildman–Crippen MR) is 155 cm³/mol. The van der Waals surface area contributed by atoms with Gasteiger partial charge in [-0.05, 0) is 47.5 Å². The molecule has 3 aromatic rings. The van der Waals surface area contributed by atoms with E-state index in [0.29, 0.717) is 36.8 Å². The Labute approximate surface area is 240 Å². The number of ether oxygens (including phenoxy) is 2. The van der Waals surface area contributed by atoms with Crippen molar-refractivity contribution in [1.29, 1.82) is 0 Å². The third-order valence-electron chi connectivity index (χ3n) is 6.70. The molecule has 3 aromatic carbocycles. The standard InChI is InChI=1S/C30H35N3O7S/c34-29(35)20-25(24-6-2-1-3-7-24)22-41(37,38)28-11-9-27(10-12-28)40-21-23-5-4-8-26(19-23)32-30(36)31-13-14-33-15-17-39-18-16-33/h1-12,19,25H,13-18,20-22H2,(H,34,35)(H2,31,32,36). The summed E-state index contributed by atoms with van der Waals surface area (Å²) in [7, 11) is -3.74. The second-order valence-electron chi connectivity index (χ2n) is 9.78. The first kappa shape index (κ1) is 30.0. The third kappa shape index (κ3) is 9.59. The van der Waals surface area contributed by atoms with Gasteiger partial charge in [0, 0.05) is 37.8 Å². The first-order valence-electron chi connectivity index (χ1n) is 13.4. The van der Waals surface area contributed by atoms with Gasteiger partial charge >= 0.3 is 12.0 Å². The van der Waals surface area contributed by atoms with E-state index in [4.69, 9.17) is 9.47 Å².